The molecule has 0 N–H and O–H groups in total. The van der Waals surface area contributed by atoms with E-state index in [1.807, 2.05) is 132 Å². The molecule has 0 atom stereocenters. The number of aromatic nitrogens is 4. The molecule has 0 radical (unpaired) electrons. The van der Waals surface area contributed by atoms with Crippen LogP contribution in [0, 0.1) is 34.1 Å². The molecule has 0 aliphatic carbocycles. The molecule has 8 rings (SSSR count). The predicted molar refractivity (Wildman–Crippen MR) is 253 cm³/mol. The number of fused-ring (bicyclic) bond motifs is 2. The van der Waals surface area contributed by atoms with Crippen LogP contribution in [0.25, 0.3) is 58.1 Å². The normalized spacial score (nSPS) is 11.6. The molecule has 0 saturated carbocycles. The Morgan fingerprint density at radius 1 is 0.591 bits per heavy atom. The van der Waals surface area contributed by atoms with Gasteiger partial charge in [0.15, 0.2) is 0 Å². The van der Waals surface area contributed by atoms with Gasteiger partial charge in [0, 0.05) is 59.2 Å². The highest BCUT2D eigenvalue weighted by molar-refractivity contribution is 7.85. The zero-order valence-corrected chi connectivity index (χ0v) is 36.8. The van der Waals surface area contributed by atoms with Gasteiger partial charge in [-0.25, -0.2) is 14.4 Å². The van der Waals surface area contributed by atoms with E-state index in [-0.39, 0.29) is 42.7 Å². The highest BCUT2D eigenvalue weighted by atomic mass is 32.2. The van der Waals surface area contributed by atoms with Gasteiger partial charge in [0.1, 0.15) is 49.3 Å². The van der Waals surface area contributed by atoms with Crippen molar-refractivity contribution in [1.29, 1.82) is 0 Å². The number of halogens is 1. The van der Waals surface area contributed by atoms with Crippen molar-refractivity contribution in [2.24, 2.45) is 0 Å². The molecular formula is C49H43FN6O9S. The van der Waals surface area contributed by atoms with E-state index in [0.29, 0.717) is 11.1 Å². The van der Waals surface area contributed by atoms with Crippen molar-refractivity contribution in [1.82, 2.24) is 18.8 Å². The van der Waals surface area contributed by atoms with Crippen molar-refractivity contribution in [3.8, 4) is 34.0 Å². The van der Waals surface area contributed by atoms with Crippen LogP contribution in [-0.2, 0) is 14.3 Å². The zero-order valence-electron chi connectivity index (χ0n) is 36.0. The van der Waals surface area contributed by atoms with Crippen molar-refractivity contribution in [3.05, 3.63) is 188 Å². The summed E-state index contributed by atoms with van der Waals surface area (Å²) in [5.41, 5.74) is 10.7. The molecule has 0 fully saturated rings. The van der Waals surface area contributed by atoms with E-state index in [9.17, 15) is 33.0 Å². The van der Waals surface area contributed by atoms with E-state index in [4.69, 9.17) is 9.47 Å². The number of alkyl halides is 1. The first-order valence-corrected chi connectivity index (χ1v) is 22.2. The summed E-state index contributed by atoms with van der Waals surface area (Å²) < 4.78 is 54.3. The first kappa shape index (κ1) is 46.0. The first-order chi connectivity index (χ1) is 31.7. The fraction of sp³-hybridized carbons (Fsp3) is 0.143. The Labute approximate surface area is 379 Å². The number of rotatable bonds is 16. The van der Waals surface area contributed by atoms with E-state index in [1.54, 1.807) is 24.3 Å². The molecular weight excluding hydrogens is 867 g/mol. The molecule has 0 saturated heterocycles. The number of hydrogen-bond donors (Lipinski definition) is 0. The standard InChI is InChI=1S/C25H23N3O6S.C24H20FN3O3/c1-18-3-12-25-26-23(17-27(25)16-18)20-7-4-19(5-8-20)6-9-21-10-11-22(28(29)30)15-24(21)33-13-14-34-35(2,31)32;1-17-2-11-24-26-22(16-27(24)15-17)19-6-3-18(4-7-19)5-8-20-9-10-21(28(29)30)14-23(20)31-13-12-25/h3-12,15-17H,13-14H2,1-2H3;2-11,14-16H,12-13H2,1H3/b9-6+;8-5+/i;25-1. The van der Waals surface area contributed by atoms with Gasteiger partial charge in [-0.05, 0) is 60.4 Å². The van der Waals surface area contributed by atoms with Gasteiger partial charge in [-0.3, -0.25) is 24.4 Å². The van der Waals surface area contributed by atoms with Gasteiger partial charge in [-0.15, -0.1) is 0 Å². The van der Waals surface area contributed by atoms with Crippen molar-refractivity contribution < 1.29 is 36.3 Å². The molecule has 8 aromatic rings. The maximum absolute atomic E-state index is 12.5. The molecule has 17 heteroatoms. The number of hydrogen-bond acceptors (Lipinski definition) is 11. The maximum atomic E-state index is 12.5. The number of ether oxygens (including phenoxy) is 2. The Kier molecular flexibility index (Phi) is 14.4. The highest BCUT2D eigenvalue weighted by Gasteiger charge is 2.13. The lowest BCUT2D eigenvalue weighted by Gasteiger charge is -2.09. The van der Waals surface area contributed by atoms with E-state index < -0.39 is 26.6 Å². The summed E-state index contributed by atoms with van der Waals surface area (Å²) in [6.07, 6.45) is 16.3. The SMILES string of the molecule is Cc1ccc2nc(-c3ccc(/C=C/c4ccc([N+](=O)[O-])cc4OCCOS(C)(=O)=O)cc3)cn2c1.Cc1ccc2nc(-c3ccc(/C=C/c4ccc([N+](=O)[O-])cc4OCC[18F])cc3)cn2c1. The van der Waals surface area contributed by atoms with Crippen molar-refractivity contribution in [2.45, 2.75) is 13.8 Å². The van der Waals surface area contributed by atoms with Gasteiger partial charge < -0.3 is 18.3 Å². The second-order valence-electron chi connectivity index (χ2n) is 15.0. The molecule has 0 aliphatic rings. The summed E-state index contributed by atoms with van der Waals surface area (Å²) in [6.45, 7) is 2.96. The maximum Gasteiger partial charge on any atom is 0.273 e. The lowest BCUT2D eigenvalue weighted by atomic mass is 10.1. The Balaban J connectivity index is 0.000000198. The Morgan fingerprint density at radius 2 is 1.03 bits per heavy atom. The van der Waals surface area contributed by atoms with E-state index in [2.05, 4.69) is 14.2 Å². The van der Waals surface area contributed by atoms with E-state index in [1.165, 1.54) is 24.3 Å². The summed E-state index contributed by atoms with van der Waals surface area (Å²) in [5.74, 6) is 0.531. The first-order valence-electron chi connectivity index (χ1n) is 20.4. The fourth-order valence-corrected chi connectivity index (χ4v) is 7.04. The quantitative estimate of drug-likeness (QED) is 0.0296. The largest absolute Gasteiger partial charge is 0.490 e. The van der Waals surface area contributed by atoms with Crippen molar-refractivity contribution in [3.63, 3.8) is 0 Å². The average Bonchev–Trinajstić information content (AvgIpc) is 3.93. The number of non-ortho nitro benzene ring substituents is 2. The number of nitro benzene ring substituents is 2. The van der Waals surface area contributed by atoms with Crippen molar-refractivity contribution >= 4 is 57.1 Å². The van der Waals surface area contributed by atoms with E-state index in [0.717, 1.165) is 62.3 Å². The zero-order chi connectivity index (χ0) is 46.8. The number of nitro groups is 2. The fourth-order valence-electron chi connectivity index (χ4n) is 6.67. The van der Waals surface area contributed by atoms with Crippen LogP contribution in [0.2, 0.25) is 0 Å². The number of pyridine rings is 2. The minimum Gasteiger partial charge on any atom is -0.490 e. The molecule has 15 nitrogen and oxygen atoms in total. The van der Waals surface area contributed by atoms with Crippen LogP contribution in [0.5, 0.6) is 11.5 Å². The van der Waals surface area contributed by atoms with Crippen LogP contribution < -0.4 is 9.47 Å². The Hall–Kier alpha value is -8.02. The second-order valence-corrected chi connectivity index (χ2v) is 16.6. The minimum absolute atomic E-state index is 0.0810. The van der Waals surface area contributed by atoms with Crippen LogP contribution in [0.3, 0.4) is 0 Å². The van der Waals surface area contributed by atoms with Gasteiger partial charge in [-0.2, -0.15) is 8.42 Å². The minimum atomic E-state index is -3.60. The number of aryl methyl sites for hydroxylation is 2. The van der Waals surface area contributed by atoms with Gasteiger partial charge in [-0.1, -0.05) is 85.0 Å². The third-order valence-corrected chi connectivity index (χ3v) is 10.5. The summed E-state index contributed by atoms with van der Waals surface area (Å²) in [7, 11) is -3.60. The summed E-state index contributed by atoms with van der Waals surface area (Å²) in [5, 5.41) is 22.1. The highest BCUT2D eigenvalue weighted by Crippen LogP contribution is 2.29. The predicted octanol–water partition coefficient (Wildman–Crippen LogP) is 10.5. The molecule has 4 heterocycles. The third-order valence-electron chi connectivity index (χ3n) is 9.91. The van der Waals surface area contributed by atoms with Crippen LogP contribution in [-0.4, -0.2) is 69.8 Å². The van der Waals surface area contributed by atoms with Crippen LogP contribution in [0.15, 0.2) is 134 Å². The van der Waals surface area contributed by atoms with Gasteiger partial charge in [0.2, 0.25) is 0 Å². The smallest absolute Gasteiger partial charge is 0.273 e. The van der Waals surface area contributed by atoms with Crippen LogP contribution >= 0.6 is 0 Å². The summed E-state index contributed by atoms with van der Waals surface area (Å²) in [4.78, 5) is 30.4. The van der Waals surface area contributed by atoms with Crippen LogP contribution in [0.4, 0.5) is 15.8 Å². The monoisotopic (exact) mass is 909 g/mol. The molecule has 4 aromatic heterocycles. The number of imidazole rings is 2. The third kappa shape index (κ3) is 12.2. The molecule has 4 aromatic carbocycles. The molecule has 0 bridgehead atoms. The van der Waals surface area contributed by atoms with Gasteiger partial charge in [0.25, 0.3) is 21.5 Å². The average molecular weight is 910 g/mol. The van der Waals surface area contributed by atoms with Gasteiger partial charge in [0.05, 0.1) is 39.6 Å². The topological polar surface area (TPSA) is 183 Å². The van der Waals surface area contributed by atoms with E-state index >= 15 is 0 Å². The molecule has 336 valence electrons. The number of nitrogens with zero attached hydrogens (tertiary/aromatic N) is 6. The molecule has 0 aliphatic heterocycles. The Bertz CT molecular complexity index is 3200. The van der Waals surface area contributed by atoms with Gasteiger partial charge >= 0.3 is 0 Å². The lowest BCUT2D eigenvalue weighted by molar-refractivity contribution is -0.385. The van der Waals surface area contributed by atoms with Crippen molar-refractivity contribution in [2.75, 3.05) is 32.8 Å². The Morgan fingerprint density at radius 3 is 1.44 bits per heavy atom. The molecule has 0 amide bonds. The molecule has 0 unspecified atom stereocenters. The van der Waals surface area contributed by atoms with Crippen LogP contribution in [0.1, 0.15) is 33.4 Å². The summed E-state index contributed by atoms with van der Waals surface area (Å²) in [6, 6.07) is 32.4. The molecule has 66 heavy (non-hydrogen) atoms. The summed E-state index contributed by atoms with van der Waals surface area (Å²) >= 11 is 0. The second kappa shape index (κ2) is 20.7. The lowest BCUT2D eigenvalue weighted by Crippen LogP contribution is -2.11. The molecule has 0 spiro atoms. The number of benzene rings is 4.